The van der Waals surface area contributed by atoms with Crippen LogP contribution in [-0.4, -0.2) is 51.2 Å². The van der Waals surface area contributed by atoms with Crippen LogP contribution < -0.4 is 15.4 Å². The van der Waals surface area contributed by atoms with E-state index in [-0.39, 0.29) is 24.2 Å². The van der Waals surface area contributed by atoms with Gasteiger partial charge < -0.3 is 25.0 Å². The molecule has 1 atom stereocenters. The van der Waals surface area contributed by atoms with Gasteiger partial charge in [0.15, 0.2) is 11.0 Å². The number of ether oxygens (including phenoxy) is 1. The number of methoxy groups -OCH3 is 1. The maximum absolute atomic E-state index is 12.7. The average Bonchev–Trinajstić information content (AvgIpc) is 3.50. The molecule has 0 aliphatic heterocycles. The van der Waals surface area contributed by atoms with E-state index in [0.717, 1.165) is 31.2 Å². The molecule has 194 valence electrons. The Morgan fingerprint density at radius 3 is 2.70 bits per heavy atom. The first-order chi connectivity index (χ1) is 18.0. The lowest BCUT2D eigenvalue weighted by atomic mass is 9.96. The van der Waals surface area contributed by atoms with Gasteiger partial charge in [-0.05, 0) is 62.4 Å². The minimum atomic E-state index is -0.777. The molecule has 0 radical (unpaired) electrons. The smallest absolute Gasteiger partial charge is 0.251 e. The van der Waals surface area contributed by atoms with Crippen molar-refractivity contribution in [2.24, 2.45) is 0 Å². The molecule has 3 aromatic rings. The first-order valence-electron chi connectivity index (χ1n) is 11.9. The lowest BCUT2D eigenvalue weighted by molar-refractivity contribution is -0.113. The number of benzene rings is 1. The van der Waals surface area contributed by atoms with Gasteiger partial charge in [0, 0.05) is 17.0 Å². The molecule has 2 heterocycles. The molecule has 3 N–H and O–H groups in total. The highest BCUT2D eigenvalue weighted by molar-refractivity contribution is 7.99. The maximum Gasteiger partial charge on any atom is 0.251 e. The van der Waals surface area contributed by atoms with E-state index in [4.69, 9.17) is 4.74 Å². The topological polar surface area (TPSA) is 142 Å². The van der Waals surface area contributed by atoms with Crippen LogP contribution in [0.4, 0.5) is 5.00 Å². The van der Waals surface area contributed by atoms with Crippen LogP contribution in [0.3, 0.4) is 0 Å². The Morgan fingerprint density at radius 2 is 2.03 bits per heavy atom. The van der Waals surface area contributed by atoms with Gasteiger partial charge >= 0.3 is 0 Å². The van der Waals surface area contributed by atoms with Gasteiger partial charge in [-0.25, -0.2) is 0 Å². The number of rotatable bonds is 10. The number of hydrogen-bond donors (Lipinski definition) is 3. The average molecular weight is 541 g/mol. The highest BCUT2D eigenvalue weighted by atomic mass is 32.2. The number of thioether (sulfide) groups is 1. The van der Waals surface area contributed by atoms with E-state index in [9.17, 15) is 20.0 Å². The Kier molecular flexibility index (Phi) is 8.81. The van der Waals surface area contributed by atoms with Crippen molar-refractivity contribution in [2.75, 3.05) is 24.8 Å². The molecule has 2 amide bonds. The predicted octanol–water partition coefficient (Wildman–Crippen LogP) is 3.31. The Hall–Kier alpha value is -3.40. The van der Waals surface area contributed by atoms with Crippen molar-refractivity contribution in [3.8, 4) is 11.8 Å². The molecule has 0 unspecified atom stereocenters. The Balaban J connectivity index is 1.41. The Labute approximate surface area is 223 Å². The van der Waals surface area contributed by atoms with Crippen molar-refractivity contribution < 1.29 is 19.4 Å². The van der Waals surface area contributed by atoms with Crippen LogP contribution in [0, 0.1) is 11.3 Å². The molecule has 0 saturated heterocycles. The van der Waals surface area contributed by atoms with Crippen LogP contribution in [0.15, 0.2) is 29.4 Å². The maximum atomic E-state index is 12.7. The number of nitriles is 1. The fourth-order valence-electron chi connectivity index (χ4n) is 4.20. The summed E-state index contributed by atoms with van der Waals surface area (Å²) in [6.45, 7) is 2.01. The third kappa shape index (κ3) is 5.95. The van der Waals surface area contributed by atoms with Crippen molar-refractivity contribution in [1.82, 2.24) is 20.1 Å². The summed E-state index contributed by atoms with van der Waals surface area (Å²) in [4.78, 5) is 26.6. The van der Waals surface area contributed by atoms with Gasteiger partial charge in [-0.1, -0.05) is 11.8 Å². The van der Waals surface area contributed by atoms with Crippen LogP contribution in [0.5, 0.6) is 5.75 Å². The third-order valence-electron chi connectivity index (χ3n) is 6.08. The summed E-state index contributed by atoms with van der Waals surface area (Å²) < 4.78 is 6.88. The SMILES string of the molecule is CCn1c(SCC(=O)Nc2sc3c(c2C#N)CCCC3)nnc1[C@H](CO)NC(=O)c1ccc(OC)cc1. The molecular formula is C25H28N6O4S2. The van der Waals surface area contributed by atoms with Crippen molar-refractivity contribution >= 4 is 39.9 Å². The van der Waals surface area contributed by atoms with Gasteiger partial charge in [0.05, 0.1) is 25.0 Å². The number of nitrogens with zero attached hydrogens (tertiary/aromatic N) is 4. The molecule has 1 aliphatic rings. The van der Waals surface area contributed by atoms with E-state index < -0.39 is 6.04 Å². The summed E-state index contributed by atoms with van der Waals surface area (Å²) in [7, 11) is 1.55. The molecule has 4 rings (SSSR count). The molecule has 0 fully saturated rings. The second-order valence-corrected chi connectivity index (χ2v) is 10.4. The highest BCUT2D eigenvalue weighted by Crippen LogP contribution is 2.37. The van der Waals surface area contributed by atoms with Crippen LogP contribution >= 0.6 is 23.1 Å². The molecule has 37 heavy (non-hydrogen) atoms. The molecule has 1 aromatic carbocycles. The van der Waals surface area contributed by atoms with Gasteiger partial charge in [-0.15, -0.1) is 21.5 Å². The number of anilines is 1. The quantitative estimate of drug-likeness (QED) is 0.333. The fraction of sp³-hybridized carbons (Fsp3) is 0.400. The number of aliphatic hydroxyl groups is 1. The van der Waals surface area contributed by atoms with E-state index in [1.54, 1.807) is 35.9 Å². The zero-order valence-corrected chi connectivity index (χ0v) is 22.2. The van der Waals surface area contributed by atoms with Crippen molar-refractivity contribution in [3.05, 3.63) is 51.7 Å². The summed E-state index contributed by atoms with van der Waals surface area (Å²) in [5, 5.41) is 34.8. The minimum Gasteiger partial charge on any atom is -0.497 e. The van der Waals surface area contributed by atoms with E-state index in [2.05, 4.69) is 26.9 Å². The number of fused-ring (bicyclic) bond motifs is 1. The lowest BCUT2D eigenvalue weighted by Crippen LogP contribution is -2.32. The summed E-state index contributed by atoms with van der Waals surface area (Å²) >= 11 is 2.70. The van der Waals surface area contributed by atoms with E-state index in [1.807, 2.05) is 6.92 Å². The standard InChI is InChI=1S/C25H28N6O4S2/c1-3-31-22(19(13-32)27-23(34)15-8-10-16(35-2)11-9-15)29-30-25(31)36-14-21(33)28-24-18(12-26)17-6-4-5-7-20(17)37-24/h8-11,19,32H,3-7,13-14H2,1-2H3,(H,27,34)(H,28,33)/t19-/m0/s1. The highest BCUT2D eigenvalue weighted by Gasteiger charge is 2.24. The lowest BCUT2D eigenvalue weighted by Gasteiger charge is -2.17. The zero-order chi connectivity index (χ0) is 26.4. The number of carbonyl (C=O) groups excluding carboxylic acids is 2. The van der Waals surface area contributed by atoms with Gasteiger partial charge in [-0.2, -0.15) is 5.26 Å². The van der Waals surface area contributed by atoms with Crippen LogP contribution in [-0.2, 0) is 24.2 Å². The molecule has 0 saturated carbocycles. The number of carbonyl (C=O) groups is 2. The van der Waals surface area contributed by atoms with Crippen LogP contribution in [0.25, 0.3) is 0 Å². The van der Waals surface area contributed by atoms with Gasteiger partial charge in [0.1, 0.15) is 22.9 Å². The molecule has 2 aromatic heterocycles. The monoisotopic (exact) mass is 540 g/mol. The third-order valence-corrected chi connectivity index (χ3v) is 8.26. The normalized spacial score (nSPS) is 13.4. The second kappa shape index (κ2) is 12.2. The summed E-state index contributed by atoms with van der Waals surface area (Å²) in [6, 6.07) is 8.11. The predicted molar refractivity (Wildman–Crippen MR) is 141 cm³/mol. The second-order valence-electron chi connectivity index (χ2n) is 8.39. The molecule has 1 aliphatic carbocycles. The van der Waals surface area contributed by atoms with E-state index >= 15 is 0 Å². The Morgan fingerprint density at radius 1 is 1.27 bits per heavy atom. The number of thiophene rings is 1. The number of aliphatic hydroxyl groups excluding tert-OH is 1. The summed E-state index contributed by atoms with van der Waals surface area (Å²) in [5.41, 5.74) is 2.07. The van der Waals surface area contributed by atoms with Crippen LogP contribution in [0.2, 0.25) is 0 Å². The first-order valence-corrected chi connectivity index (χ1v) is 13.7. The van der Waals surface area contributed by atoms with Gasteiger partial charge in [-0.3, -0.25) is 9.59 Å². The number of hydrogen-bond acceptors (Lipinski definition) is 9. The van der Waals surface area contributed by atoms with E-state index in [0.29, 0.717) is 39.4 Å². The van der Waals surface area contributed by atoms with E-state index in [1.165, 1.54) is 28.0 Å². The first kappa shape index (κ1) is 26.7. The fourth-order valence-corrected chi connectivity index (χ4v) is 6.27. The van der Waals surface area contributed by atoms with Gasteiger partial charge in [0.2, 0.25) is 5.91 Å². The molecule has 10 nitrogen and oxygen atoms in total. The van der Waals surface area contributed by atoms with Crippen LogP contribution in [0.1, 0.15) is 58.0 Å². The number of amides is 2. The van der Waals surface area contributed by atoms with Crippen molar-refractivity contribution in [3.63, 3.8) is 0 Å². The molecule has 0 spiro atoms. The Bertz CT molecular complexity index is 1310. The number of aromatic nitrogens is 3. The summed E-state index contributed by atoms with van der Waals surface area (Å²) in [6.07, 6.45) is 3.99. The molecular weight excluding hydrogens is 512 g/mol. The van der Waals surface area contributed by atoms with Gasteiger partial charge in [0.25, 0.3) is 5.91 Å². The number of aryl methyl sites for hydroxylation is 1. The molecule has 0 bridgehead atoms. The number of nitrogens with one attached hydrogen (secondary N) is 2. The minimum absolute atomic E-state index is 0.0770. The summed E-state index contributed by atoms with van der Waals surface area (Å²) in [5.74, 6) is 0.501. The molecule has 12 heteroatoms. The zero-order valence-electron chi connectivity index (χ0n) is 20.6. The van der Waals surface area contributed by atoms with Crippen molar-refractivity contribution in [1.29, 1.82) is 5.26 Å². The largest absolute Gasteiger partial charge is 0.497 e. The van der Waals surface area contributed by atoms with Crippen molar-refractivity contribution in [2.45, 2.75) is 50.4 Å².